The normalized spacial score (nSPS) is 12.2. The van der Waals surface area contributed by atoms with Gasteiger partial charge in [0.1, 0.15) is 0 Å². The van der Waals surface area contributed by atoms with Crippen LogP contribution in [0.2, 0.25) is 0 Å². The minimum atomic E-state index is 0. The number of benzene rings is 1. The lowest BCUT2D eigenvalue weighted by Gasteiger charge is -2.05. The molecule has 7 heteroatoms. The largest absolute Gasteiger partial charge is 0.334 e. The predicted octanol–water partition coefficient (Wildman–Crippen LogP) is 3.93. The molecular formula is C16H18BrClN4O. The fourth-order valence-corrected chi connectivity index (χ4v) is 2.69. The van der Waals surface area contributed by atoms with Crippen molar-refractivity contribution in [1.29, 1.82) is 0 Å². The molecule has 0 aliphatic heterocycles. The van der Waals surface area contributed by atoms with Gasteiger partial charge >= 0.3 is 0 Å². The molecule has 3 rings (SSSR count). The van der Waals surface area contributed by atoms with Crippen LogP contribution in [-0.4, -0.2) is 28.2 Å². The molecule has 0 aliphatic carbocycles. The summed E-state index contributed by atoms with van der Waals surface area (Å²) in [4.78, 5) is 9.08. The van der Waals surface area contributed by atoms with E-state index in [-0.39, 0.29) is 12.4 Å². The highest BCUT2D eigenvalue weighted by Crippen LogP contribution is 2.29. The maximum absolute atomic E-state index is 5.47. The highest BCUT2D eigenvalue weighted by Gasteiger charge is 2.15. The van der Waals surface area contributed by atoms with Gasteiger partial charge in [0.2, 0.25) is 0 Å². The summed E-state index contributed by atoms with van der Waals surface area (Å²) in [6.45, 7) is 4.05. The Labute approximate surface area is 149 Å². The molecular weight excluding hydrogens is 380 g/mol. The first-order valence-electron chi connectivity index (χ1n) is 7.14. The van der Waals surface area contributed by atoms with Crippen LogP contribution in [0.4, 0.5) is 0 Å². The van der Waals surface area contributed by atoms with Crippen LogP contribution in [0.25, 0.3) is 22.4 Å². The van der Waals surface area contributed by atoms with Crippen LogP contribution in [0.1, 0.15) is 18.4 Å². The Bertz CT molecular complexity index is 821. The van der Waals surface area contributed by atoms with E-state index in [4.69, 9.17) is 4.52 Å². The minimum absolute atomic E-state index is 0. The van der Waals surface area contributed by atoms with Gasteiger partial charge in [-0.2, -0.15) is 4.98 Å². The summed E-state index contributed by atoms with van der Waals surface area (Å²) in [6, 6.07) is 8.27. The van der Waals surface area contributed by atoms with Crippen molar-refractivity contribution in [2.45, 2.75) is 26.3 Å². The Kier molecular flexibility index (Phi) is 5.73. The van der Waals surface area contributed by atoms with Crippen molar-refractivity contribution >= 4 is 39.2 Å². The number of nitrogens with one attached hydrogen (secondary N) is 1. The third-order valence-electron chi connectivity index (χ3n) is 3.58. The van der Waals surface area contributed by atoms with E-state index in [1.165, 1.54) is 0 Å². The van der Waals surface area contributed by atoms with Gasteiger partial charge in [0.05, 0.1) is 11.1 Å². The molecule has 0 radical (unpaired) electrons. The highest BCUT2D eigenvalue weighted by molar-refractivity contribution is 9.10. The van der Waals surface area contributed by atoms with Crippen LogP contribution in [0.5, 0.6) is 0 Å². The predicted molar refractivity (Wildman–Crippen MR) is 96.9 cm³/mol. The summed E-state index contributed by atoms with van der Waals surface area (Å²) in [6.07, 6.45) is 0.728. The van der Waals surface area contributed by atoms with E-state index in [2.05, 4.69) is 43.3 Å². The number of rotatable bonds is 4. The summed E-state index contributed by atoms with van der Waals surface area (Å²) < 4.78 is 6.46. The Balaban J connectivity index is 0.00000192. The van der Waals surface area contributed by atoms with Crippen LogP contribution in [-0.2, 0) is 6.42 Å². The Morgan fingerprint density at radius 2 is 2.04 bits per heavy atom. The third-order valence-corrected chi connectivity index (χ3v) is 4.07. The second-order valence-electron chi connectivity index (χ2n) is 5.38. The SMILES string of the molecule is CNC(C)Cc1noc(-c2cc(C)nc3ccc(Br)cc23)n1.Cl. The monoisotopic (exact) mass is 396 g/mol. The summed E-state index contributed by atoms with van der Waals surface area (Å²) in [5, 5.41) is 8.25. The first-order valence-corrected chi connectivity index (χ1v) is 7.93. The summed E-state index contributed by atoms with van der Waals surface area (Å²) in [5.41, 5.74) is 2.76. The van der Waals surface area contributed by atoms with E-state index in [9.17, 15) is 0 Å². The molecule has 5 nitrogen and oxygen atoms in total. The van der Waals surface area contributed by atoms with Gasteiger partial charge in [0.25, 0.3) is 5.89 Å². The minimum Gasteiger partial charge on any atom is -0.334 e. The fraction of sp³-hybridized carbons (Fsp3) is 0.312. The molecule has 1 aromatic carbocycles. The van der Waals surface area contributed by atoms with Crippen molar-refractivity contribution in [3.63, 3.8) is 0 Å². The molecule has 0 bridgehead atoms. The van der Waals surface area contributed by atoms with E-state index >= 15 is 0 Å². The lowest BCUT2D eigenvalue weighted by Crippen LogP contribution is -2.24. The molecule has 1 N–H and O–H groups in total. The number of fused-ring (bicyclic) bond motifs is 1. The zero-order valence-electron chi connectivity index (χ0n) is 13.1. The van der Waals surface area contributed by atoms with Crippen LogP contribution in [0, 0.1) is 6.92 Å². The second-order valence-corrected chi connectivity index (χ2v) is 6.30. The topological polar surface area (TPSA) is 63.8 Å². The number of hydrogen-bond donors (Lipinski definition) is 1. The van der Waals surface area contributed by atoms with E-state index in [1.807, 2.05) is 38.2 Å². The summed E-state index contributed by atoms with van der Waals surface area (Å²) in [5.74, 6) is 1.24. The first-order chi connectivity index (χ1) is 10.6. The molecule has 0 aliphatic rings. The Hall–Kier alpha value is -1.50. The molecule has 0 amide bonds. The van der Waals surface area contributed by atoms with Crippen molar-refractivity contribution in [3.05, 3.63) is 40.3 Å². The van der Waals surface area contributed by atoms with Crippen LogP contribution >= 0.6 is 28.3 Å². The van der Waals surface area contributed by atoms with Gasteiger partial charge < -0.3 is 9.84 Å². The molecule has 3 aromatic rings. The number of likely N-dealkylation sites (N-methyl/N-ethyl adjacent to an activating group) is 1. The lowest BCUT2D eigenvalue weighted by molar-refractivity contribution is 0.418. The molecule has 2 heterocycles. The van der Waals surface area contributed by atoms with Gasteiger partial charge in [-0.05, 0) is 45.2 Å². The molecule has 1 unspecified atom stereocenters. The summed E-state index contributed by atoms with van der Waals surface area (Å²) in [7, 11) is 1.92. The molecule has 0 spiro atoms. The van der Waals surface area contributed by atoms with Gasteiger partial charge in [-0.25, -0.2) is 0 Å². The molecule has 0 fully saturated rings. The van der Waals surface area contributed by atoms with Gasteiger partial charge in [0, 0.05) is 28.0 Å². The lowest BCUT2D eigenvalue weighted by atomic mass is 10.1. The van der Waals surface area contributed by atoms with E-state index < -0.39 is 0 Å². The van der Waals surface area contributed by atoms with Gasteiger partial charge in [-0.3, -0.25) is 4.98 Å². The second kappa shape index (κ2) is 7.38. The van der Waals surface area contributed by atoms with Crippen molar-refractivity contribution in [3.8, 4) is 11.5 Å². The summed E-state index contributed by atoms with van der Waals surface area (Å²) >= 11 is 3.50. The number of hydrogen-bond acceptors (Lipinski definition) is 5. The van der Waals surface area contributed by atoms with Crippen molar-refractivity contribution in [2.75, 3.05) is 7.05 Å². The van der Waals surface area contributed by atoms with Gasteiger partial charge in [-0.1, -0.05) is 21.1 Å². The number of nitrogens with zero attached hydrogens (tertiary/aromatic N) is 3. The van der Waals surface area contributed by atoms with Crippen LogP contribution in [0.15, 0.2) is 33.3 Å². The highest BCUT2D eigenvalue weighted by atomic mass is 79.9. The van der Waals surface area contributed by atoms with Gasteiger partial charge in [-0.15, -0.1) is 12.4 Å². The van der Waals surface area contributed by atoms with Crippen molar-refractivity contribution < 1.29 is 4.52 Å². The number of pyridine rings is 1. The first kappa shape index (κ1) is 17.8. The van der Waals surface area contributed by atoms with E-state index in [0.717, 1.165) is 33.1 Å². The van der Waals surface area contributed by atoms with Crippen molar-refractivity contribution in [2.24, 2.45) is 0 Å². The average Bonchev–Trinajstić information content (AvgIpc) is 2.95. The zero-order valence-corrected chi connectivity index (χ0v) is 15.5. The van der Waals surface area contributed by atoms with Crippen LogP contribution in [0.3, 0.4) is 0 Å². The van der Waals surface area contributed by atoms with Crippen molar-refractivity contribution in [1.82, 2.24) is 20.4 Å². The quantitative estimate of drug-likeness (QED) is 0.722. The standard InChI is InChI=1S/C16H17BrN4O.ClH/c1-9(18-3)7-15-20-16(22-21-15)13-6-10(2)19-14-5-4-11(17)8-12(13)14;/h4-6,8-9,18H,7H2,1-3H3;1H. The molecule has 0 saturated carbocycles. The fourth-order valence-electron chi connectivity index (χ4n) is 2.33. The Morgan fingerprint density at radius 3 is 2.78 bits per heavy atom. The molecule has 2 aromatic heterocycles. The molecule has 0 saturated heterocycles. The third kappa shape index (κ3) is 3.88. The molecule has 122 valence electrons. The van der Waals surface area contributed by atoms with Gasteiger partial charge in [0.15, 0.2) is 5.82 Å². The number of aromatic nitrogens is 3. The Morgan fingerprint density at radius 1 is 1.26 bits per heavy atom. The van der Waals surface area contributed by atoms with E-state index in [1.54, 1.807) is 0 Å². The molecule has 1 atom stereocenters. The number of aryl methyl sites for hydroxylation is 1. The zero-order chi connectivity index (χ0) is 15.7. The van der Waals surface area contributed by atoms with E-state index in [0.29, 0.717) is 17.8 Å². The van der Waals surface area contributed by atoms with Crippen LogP contribution < -0.4 is 5.32 Å². The smallest absolute Gasteiger partial charge is 0.258 e. The number of halogens is 2. The molecule has 23 heavy (non-hydrogen) atoms. The average molecular weight is 398 g/mol. The maximum atomic E-state index is 5.47. The maximum Gasteiger partial charge on any atom is 0.258 e.